The molecular weight excluding hydrogens is 560 g/mol. The maximum Gasteiger partial charge on any atom is 0.337 e. The van der Waals surface area contributed by atoms with Gasteiger partial charge in [-0.3, -0.25) is 14.9 Å². The molecule has 1 aliphatic heterocycles. The Morgan fingerprint density at radius 3 is 2.60 bits per heavy atom. The maximum atomic E-state index is 13.8. The Balaban J connectivity index is 1.58. The van der Waals surface area contributed by atoms with Crippen LogP contribution in [0.1, 0.15) is 54.5 Å². The zero-order valence-electron chi connectivity index (χ0n) is 23.3. The number of phenols is 1. The predicted octanol–water partition coefficient (Wildman–Crippen LogP) is 5.87. The summed E-state index contributed by atoms with van der Waals surface area (Å²) in [7, 11) is 1.56. The highest BCUT2D eigenvalue weighted by Crippen LogP contribution is 2.49. The Bertz CT molecular complexity index is 1590. The number of dihydropyridines is 1. The highest BCUT2D eigenvalue weighted by Gasteiger charge is 2.42. The van der Waals surface area contributed by atoms with Crippen LogP contribution < -0.4 is 14.8 Å². The monoisotopic (exact) mass is 590 g/mol. The van der Waals surface area contributed by atoms with Crippen LogP contribution in [0, 0.1) is 10.1 Å². The summed E-state index contributed by atoms with van der Waals surface area (Å²) in [5, 5.41) is 27.7. The first-order valence-corrected chi connectivity index (χ1v) is 14.3. The lowest BCUT2D eigenvalue weighted by Gasteiger charge is -2.36. The molecule has 2 atom stereocenters. The summed E-state index contributed by atoms with van der Waals surface area (Å²) in [5.74, 6) is -1.91. The van der Waals surface area contributed by atoms with Crippen molar-refractivity contribution in [1.29, 1.82) is 0 Å². The summed E-state index contributed by atoms with van der Waals surface area (Å²) in [6.45, 7) is 3.51. The van der Waals surface area contributed by atoms with Gasteiger partial charge in [0.25, 0.3) is 0 Å². The summed E-state index contributed by atoms with van der Waals surface area (Å²) in [6, 6.07) is 13.7. The number of hydrogen-bond donors (Lipinski definition) is 2. The summed E-state index contributed by atoms with van der Waals surface area (Å²) in [6.07, 6.45) is 0.755. The van der Waals surface area contributed by atoms with Crippen LogP contribution in [0.2, 0.25) is 0 Å². The number of aromatic hydroxyl groups is 1. The van der Waals surface area contributed by atoms with Gasteiger partial charge in [-0.1, -0.05) is 18.2 Å². The first-order valence-electron chi connectivity index (χ1n) is 13.4. The van der Waals surface area contributed by atoms with Crippen LogP contribution in [-0.2, 0) is 20.9 Å². The number of hydrogen-bond acceptors (Lipinski definition) is 10. The van der Waals surface area contributed by atoms with Crippen LogP contribution in [0.4, 0.5) is 5.69 Å². The minimum atomic E-state index is -0.972. The standard InChI is InChI=1S/C31H30N2O8S/c1-4-40-25-15-20(13-23(30(25)35)33(37)38)28-27(31(36)41-16-18-7-9-21(39-3)10-8-18)17(2)32-22-12-19(14-24(34)29(22)28)26-6-5-11-42-26/h5-11,13,15,19,28,32,35H,4,12,14,16H2,1-3H3/t19-,28+/m1/s1. The number of nitrogens with one attached hydrogen (secondary N) is 1. The van der Waals surface area contributed by atoms with E-state index in [9.17, 15) is 24.8 Å². The second-order valence-electron chi connectivity index (χ2n) is 10.0. The van der Waals surface area contributed by atoms with E-state index < -0.39 is 28.2 Å². The molecule has 1 aromatic heterocycles. The molecule has 1 aliphatic carbocycles. The third kappa shape index (κ3) is 5.60. The van der Waals surface area contributed by atoms with Gasteiger partial charge in [-0.25, -0.2) is 4.79 Å². The fraction of sp³-hybridized carbons (Fsp3) is 0.290. The van der Waals surface area contributed by atoms with E-state index in [0.717, 1.165) is 10.4 Å². The molecule has 11 heteroatoms. The van der Waals surface area contributed by atoms with Gasteiger partial charge in [0.1, 0.15) is 12.4 Å². The summed E-state index contributed by atoms with van der Waals surface area (Å²) in [4.78, 5) is 39.8. The van der Waals surface area contributed by atoms with E-state index in [1.807, 2.05) is 17.5 Å². The van der Waals surface area contributed by atoms with Gasteiger partial charge >= 0.3 is 11.7 Å². The van der Waals surface area contributed by atoms with E-state index in [0.29, 0.717) is 29.1 Å². The lowest BCUT2D eigenvalue weighted by molar-refractivity contribution is -0.386. The van der Waals surface area contributed by atoms with Gasteiger partial charge in [-0.15, -0.1) is 11.3 Å². The van der Waals surface area contributed by atoms with Crippen LogP contribution in [0.3, 0.4) is 0 Å². The predicted molar refractivity (Wildman–Crippen MR) is 156 cm³/mol. The molecule has 5 rings (SSSR count). The lowest BCUT2D eigenvalue weighted by Crippen LogP contribution is -2.36. The molecular formula is C31H30N2O8S. The zero-order chi connectivity index (χ0) is 30.0. The smallest absolute Gasteiger partial charge is 0.337 e. The van der Waals surface area contributed by atoms with E-state index in [-0.39, 0.29) is 48.2 Å². The van der Waals surface area contributed by atoms with E-state index >= 15 is 0 Å². The number of nitro groups is 1. The average molecular weight is 591 g/mol. The summed E-state index contributed by atoms with van der Waals surface area (Å²) < 4.78 is 16.4. The summed E-state index contributed by atoms with van der Waals surface area (Å²) in [5.41, 5.74) is 2.07. The molecule has 2 aromatic carbocycles. The normalized spacial score (nSPS) is 18.3. The van der Waals surface area contributed by atoms with E-state index in [1.54, 1.807) is 56.6 Å². The fourth-order valence-corrected chi connectivity index (χ4v) is 6.33. The highest BCUT2D eigenvalue weighted by atomic mass is 32.1. The number of nitro benzene ring substituents is 1. The molecule has 0 bridgehead atoms. The number of benzene rings is 2. The number of allylic oxidation sites excluding steroid dienone is 3. The van der Waals surface area contributed by atoms with E-state index in [4.69, 9.17) is 14.2 Å². The number of esters is 1. The first-order chi connectivity index (χ1) is 20.2. The molecule has 10 nitrogen and oxygen atoms in total. The lowest BCUT2D eigenvalue weighted by atomic mass is 9.72. The Kier molecular flexibility index (Phi) is 8.30. The number of methoxy groups -OCH3 is 1. The van der Waals surface area contributed by atoms with Crippen LogP contribution >= 0.6 is 11.3 Å². The van der Waals surface area contributed by atoms with Crippen LogP contribution in [0.5, 0.6) is 17.2 Å². The van der Waals surface area contributed by atoms with Crippen molar-refractivity contribution in [2.24, 2.45) is 0 Å². The Morgan fingerprint density at radius 2 is 1.95 bits per heavy atom. The molecule has 0 radical (unpaired) electrons. The van der Waals surface area contributed by atoms with Crippen molar-refractivity contribution in [3.05, 3.63) is 103 Å². The maximum absolute atomic E-state index is 13.8. The third-order valence-electron chi connectivity index (χ3n) is 7.43. The Hall–Kier alpha value is -4.64. The Labute approximate surface area is 246 Å². The molecule has 0 spiro atoms. The number of phenolic OH excluding ortho intramolecular Hbond substituents is 1. The fourth-order valence-electron chi connectivity index (χ4n) is 5.50. The zero-order valence-corrected chi connectivity index (χ0v) is 24.2. The van der Waals surface area contributed by atoms with Crippen molar-refractivity contribution in [2.75, 3.05) is 13.7 Å². The number of thiophene rings is 1. The molecule has 2 heterocycles. The molecule has 2 aliphatic rings. The number of Topliss-reactive ketones (excluding diaryl/α,β-unsaturated/α-hetero) is 1. The average Bonchev–Trinajstić information content (AvgIpc) is 3.52. The topological polar surface area (TPSA) is 137 Å². The molecule has 0 amide bonds. The molecule has 3 aromatic rings. The van der Waals surface area contributed by atoms with Crippen molar-refractivity contribution in [3.63, 3.8) is 0 Å². The van der Waals surface area contributed by atoms with Gasteiger partial charge in [0.05, 0.1) is 24.2 Å². The molecule has 0 fully saturated rings. The second kappa shape index (κ2) is 12.1. The number of carbonyl (C=O) groups excluding carboxylic acids is 2. The van der Waals surface area contributed by atoms with Crippen molar-refractivity contribution in [1.82, 2.24) is 5.32 Å². The SMILES string of the molecule is CCOc1cc([C@H]2C(C(=O)OCc3ccc(OC)cc3)=C(C)NC3=C2C(=O)C[C@H](c2cccs2)C3)cc([N+](=O)[O-])c1O. The van der Waals surface area contributed by atoms with Crippen molar-refractivity contribution >= 4 is 28.8 Å². The molecule has 0 saturated carbocycles. The molecule has 218 valence electrons. The molecule has 0 unspecified atom stereocenters. The Morgan fingerprint density at radius 1 is 1.19 bits per heavy atom. The van der Waals surface area contributed by atoms with Crippen LogP contribution in [-0.4, -0.2) is 35.5 Å². The number of carbonyl (C=O) groups is 2. The van der Waals surface area contributed by atoms with Gasteiger partial charge in [0, 0.05) is 46.2 Å². The highest BCUT2D eigenvalue weighted by molar-refractivity contribution is 7.10. The number of ether oxygens (including phenoxy) is 3. The van der Waals surface area contributed by atoms with E-state index in [1.165, 1.54) is 12.1 Å². The largest absolute Gasteiger partial charge is 0.500 e. The second-order valence-corrected chi connectivity index (χ2v) is 11.0. The quantitative estimate of drug-likeness (QED) is 0.178. The van der Waals surface area contributed by atoms with E-state index in [2.05, 4.69) is 5.32 Å². The number of nitrogens with zero attached hydrogens (tertiary/aromatic N) is 1. The molecule has 42 heavy (non-hydrogen) atoms. The van der Waals surface area contributed by atoms with Crippen LogP contribution in [0.15, 0.2) is 76.5 Å². The first kappa shape index (κ1) is 28.9. The minimum absolute atomic E-state index is 0.0334. The minimum Gasteiger partial charge on any atom is -0.500 e. The van der Waals surface area contributed by atoms with Crippen molar-refractivity contribution in [2.45, 2.75) is 45.1 Å². The van der Waals surface area contributed by atoms with Crippen molar-refractivity contribution in [3.8, 4) is 17.2 Å². The summed E-state index contributed by atoms with van der Waals surface area (Å²) >= 11 is 1.58. The number of ketones is 1. The molecule has 2 N–H and O–H groups in total. The van der Waals surface area contributed by atoms with Gasteiger partial charge in [-0.2, -0.15) is 0 Å². The van der Waals surface area contributed by atoms with Gasteiger partial charge in [-0.05, 0) is 61.0 Å². The number of rotatable bonds is 9. The van der Waals surface area contributed by atoms with Crippen LogP contribution in [0.25, 0.3) is 0 Å². The van der Waals surface area contributed by atoms with Crippen molar-refractivity contribution < 1.29 is 33.8 Å². The molecule has 0 saturated heterocycles. The third-order valence-corrected chi connectivity index (χ3v) is 8.46. The van der Waals surface area contributed by atoms with Gasteiger partial charge < -0.3 is 24.6 Å². The van der Waals surface area contributed by atoms with Gasteiger partial charge in [0.15, 0.2) is 11.5 Å². The van der Waals surface area contributed by atoms with Gasteiger partial charge in [0.2, 0.25) is 5.75 Å².